The summed E-state index contributed by atoms with van der Waals surface area (Å²) in [6.45, 7) is 5.62. The van der Waals surface area contributed by atoms with Gasteiger partial charge in [-0.2, -0.15) is 4.99 Å². The average molecular weight is 176 g/mol. The van der Waals surface area contributed by atoms with Gasteiger partial charge in [-0.25, -0.2) is 4.79 Å². The highest BCUT2D eigenvalue weighted by molar-refractivity contribution is 5.37. The predicted octanol–water partition coefficient (Wildman–Crippen LogP) is 1.96. The minimum Gasteiger partial charge on any atom is -0.261 e. The van der Waals surface area contributed by atoms with Gasteiger partial charge < -0.3 is 0 Å². The van der Waals surface area contributed by atoms with Crippen LogP contribution in [0.25, 0.3) is 0 Å². The first-order valence-corrected chi connectivity index (χ1v) is 4.08. The molecule has 0 fully saturated rings. The molecule has 0 radical (unpaired) electrons. The van der Waals surface area contributed by atoms with Crippen LogP contribution in [0.4, 0.5) is 0 Å². The summed E-state index contributed by atoms with van der Waals surface area (Å²) in [6.07, 6.45) is 3.30. The molecule has 13 heavy (non-hydrogen) atoms. The van der Waals surface area contributed by atoms with Gasteiger partial charge in [0.05, 0.1) is 5.54 Å². The number of aliphatic imine (C=N–C) groups is 1. The van der Waals surface area contributed by atoms with Crippen molar-refractivity contribution in [3.05, 3.63) is 29.6 Å². The zero-order valence-corrected chi connectivity index (χ0v) is 8.03. The topological polar surface area (TPSA) is 42.3 Å². The third-order valence-electron chi connectivity index (χ3n) is 1.94. The Morgan fingerprint density at radius 1 is 1.46 bits per heavy atom. The van der Waals surface area contributed by atoms with Gasteiger partial charge >= 0.3 is 0 Å². The monoisotopic (exact) mass is 176 g/mol. The van der Waals surface area contributed by atoms with E-state index in [2.05, 4.69) is 9.98 Å². The van der Waals surface area contributed by atoms with E-state index in [1.807, 2.05) is 32.9 Å². The van der Waals surface area contributed by atoms with E-state index in [4.69, 9.17) is 0 Å². The first kappa shape index (κ1) is 9.62. The molecule has 0 saturated heterocycles. The van der Waals surface area contributed by atoms with Crippen LogP contribution >= 0.6 is 0 Å². The Kier molecular flexibility index (Phi) is 2.59. The highest BCUT2D eigenvalue weighted by atomic mass is 16.1. The molecule has 0 aliphatic carbocycles. The van der Waals surface area contributed by atoms with Gasteiger partial charge in [0.2, 0.25) is 6.08 Å². The highest BCUT2D eigenvalue weighted by Gasteiger charge is 2.18. The molecule has 0 atom stereocenters. The van der Waals surface area contributed by atoms with Crippen LogP contribution in [0.15, 0.2) is 23.3 Å². The van der Waals surface area contributed by atoms with E-state index in [0.29, 0.717) is 0 Å². The normalized spacial score (nSPS) is 10.7. The highest BCUT2D eigenvalue weighted by Crippen LogP contribution is 2.22. The molecule has 68 valence electrons. The Morgan fingerprint density at radius 2 is 2.15 bits per heavy atom. The molecule has 0 saturated carbocycles. The summed E-state index contributed by atoms with van der Waals surface area (Å²) in [5, 5.41) is 0. The van der Waals surface area contributed by atoms with E-state index in [-0.39, 0.29) is 0 Å². The SMILES string of the molecule is Cc1ccc(C(C)(C)N=C=O)cn1. The molecular weight excluding hydrogens is 164 g/mol. The maximum absolute atomic E-state index is 10.1. The Hall–Kier alpha value is -1.47. The summed E-state index contributed by atoms with van der Waals surface area (Å²) in [5.74, 6) is 0. The van der Waals surface area contributed by atoms with Crippen LogP contribution in [-0.2, 0) is 10.3 Å². The van der Waals surface area contributed by atoms with Crippen LogP contribution in [0.2, 0.25) is 0 Å². The summed E-state index contributed by atoms with van der Waals surface area (Å²) in [5.41, 5.74) is 1.35. The number of nitrogens with zero attached hydrogens (tertiary/aromatic N) is 2. The Bertz CT molecular complexity index is 334. The molecule has 0 N–H and O–H groups in total. The van der Waals surface area contributed by atoms with Gasteiger partial charge in [0.25, 0.3) is 0 Å². The Labute approximate surface area is 77.5 Å². The van der Waals surface area contributed by atoms with Gasteiger partial charge in [-0.15, -0.1) is 0 Å². The molecule has 3 nitrogen and oxygen atoms in total. The van der Waals surface area contributed by atoms with Crippen molar-refractivity contribution < 1.29 is 4.79 Å². The molecule has 1 rings (SSSR count). The van der Waals surface area contributed by atoms with Crippen molar-refractivity contribution in [3.63, 3.8) is 0 Å². The van der Waals surface area contributed by atoms with Crippen molar-refractivity contribution in [1.29, 1.82) is 0 Å². The largest absolute Gasteiger partial charge is 0.261 e. The van der Waals surface area contributed by atoms with Crippen molar-refractivity contribution in [2.24, 2.45) is 4.99 Å². The number of aromatic nitrogens is 1. The third kappa shape index (κ3) is 2.23. The van der Waals surface area contributed by atoms with Crippen LogP contribution in [0, 0.1) is 6.92 Å². The molecule has 1 heterocycles. The number of carbonyl (C=O) groups excluding carboxylic acids is 1. The molecule has 0 aromatic carbocycles. The standard InChI is InChI=1S/C10H12N2O/c1-8-4-5-9(6-11-8)10(2,3)12-7-13/h4-6H,1-3H3. The van der Waals surface area contributed by atoms with Gasteiger partial charge in [-0.3, -0.25) is 4.98 Å². The Morgan fingerprint density at radius 3 is 2.62 bits per heavy atom. The quantitative estimate of drug-likeness (QED) is 0.510. The molecule has 3 heteroatoms. The number of hydrogen-bond acceptors (Lipinski definition) is 3. The van der Waals surface area contributed by atoms with Gasteiger partial charge in [-0.05, 0) is 32.4 Å². The fraction of sp³-hybridized carbons (Fsp3) is 0.400. The lowest BCUT2D eigenvalue weighted by molar-refractivity contribution is 0.521. The molecule has 0 spiro atoms. The fourth-order valence-corrected chi connectivity index (χ4v) is 1.01. The van der Waals surface area contributed by atoms with E-state index >= 15 is 0 Å². The molecule has 0 aliphatic heterocycles. The number of pyridine rings is 1. The van der Waals surface area contributed by atoms with Crippen molar-refractivity contribution in [2.45, 2.75) is 26.3 Å². The number of isocyanates is 1. The lowest BCUT2D eigenvalue weighted by atomic mass is 9.97. The van der Waals surface area contributed by atoms with Crippen LogP contribution in [0.5, 0.6) is 0 Å². The van der Waals surface area contributed by atoms with Crippen LogP contribution in [0.3, 0.4) is 0 Å². The predicted molar refractivity (Wildman–Crippen MR) is 50.1 cm³/mol. The second-order valence-corrected chi connectivity index (χ2v) is 3.45. The number of rotatable bonds is 2. The lowest BCUT2D eigenvalue weighted by Crippen LogP contribution is -2.13. The first-order chi connectivity index (χ1) is 6.06. The summed E-state index contributed by atoms with van der Waals surface area (Å²) < 4.78 is 0. The minimum atomic E-state index is -0.525. The second-order valence-electron chi connectivity index (χ2n) is 3.45. The molecule has 0 aliphatic rings. The molecule has 0 unspecified atom stereocenters. The first-order valence-electron chi connectivity index (χ1n) is 4.08. The van der Waals surface area contributed by atoms with Gasteiger partial charge in [-0.1, -0.05) is 6.07 Å². The summed E-state index contributed by atoms with van der Waals surface area (Å²) >= 11 is 0. The van der Waals surface area contributed by atoms with Crippen molar-refractivity contribution in [1.82, 2.24) is 4.98 Å². The maximum atomic E-state index is 10.1. The van der Waals surface area contributed by atoms with Crippen LogP contribution in [-0.4, -0.2) is 11.1 Å². The van der Waals surface area contributed by atoms with E-state index in [9.17, 15) is 4.79 Å². The zero-order chi connectivity index (χ0) is 9.90. The average Bonchev–Trinajstić information content (AvgIpc) is 2.05. The van der Waals surface area contributed by atoms with Gasteiger partial charge in [0, 0.05) is 11.9 Å². The van der Waals surface area contributed by atoms with E-state index < -0.39 is 5.54 Å². The third-order valence-corrected chi connectivity index (χ3v) is 1.94. The van der Waals surface area contributed by atoms with E-state index in [1.165, 1.54) is 0 Å². The van der Waals surface area contributed by atoms with Crippen LogP contribution < -0.4 is 0 Å². The second kappa shape index (κ2) is 3.50. The molecule has 0 amide bonds. The van der Waals surface area contributed by atoms with Crippen molar-refractivity contribution in [2.75, 3.05) is 0 Å². The summed E-state index contributed by atoms with van der Waals surface area (Å²) in [7, 11) is 0. The minimum absolute atomic E-state index is 0.525. The summed E-state index contributed by atoms with van der Waals surface area (Å²) in [6, 6.07) is 3.82. The number of hydrogen-bond donors (Lipinski definition) is 0. The molecular formula is C10H12N2O. The van der Waals surface area contributed by atoms with E-state index in [1.54, 1.807) is 12.3 Å². The summed E-state index contributed by atoms with van der Waals surface area (Å²) in [4.78, 5) is 18.0. The van der Waals surface area contributed by atoms with E-state index in [0.717, 1.165) is 11.3 Å². The molecule has 1 aromatic heterocycles. The lowest BCUT2D eigenvalue weighted by Gasteiger charge is -2.16. The maximum Gasteiger partial charge on any atom is 0.235 e. The van der Waals surface area contributed by atoms with Gasteiger partial charge in [0.1, 0.15) is 0 Å². The zero-order valence-electron chi connectivity index (χ0n) is 8.03. The van der Waals surface area contributed by atoms with Crippen molar-refractivity contribution >= 4 is 6.08 Å². The van der Waals surface area contributed by atoms with Crippen LogP contribution in [0.1, 0.15) is 25.1 Å². The smallest absolute Gasteiger partial charge is 0.235 e. The van der Waals surface area contributed by atoms with Crippen molar-refractivity contribution in [3.8, 4) is 0 Å². The molecule has 1 aromatic rings. The molecule has 0 bridgehead atoms. The Balaban J connectivity index is 3.07. The fourth-order valence-electron chi connectivity index (χ4n) is 1.01. The van der Waals surface area contributed by atoms with Gasteiger partial charge in [0.15, 0.2) is 0 Å². The number of aryl methyl sites for hydroxylation is 1.